The Morgan fingerprint density at radius 2 is 1.85 bits per heavy atom. The molecule has 3 amide bonds. The molecule has 3 rings (SSSR count). The van der Waals surface area contributed by atoms with Crippen molar-refractivity contribution in [2.45, 2.75) is 36.7 Å². The van der Waals surface area contributed by atoms with Gasteiger partial charge in [0.1, 0.15) is 12.1 Å². The van der Waals surface area contributed by atoms with Crippen LogP contribution in [0.3, 0.4) is 0 Å². The molecule has 178 valence electrons. The number of likely N-dealkylation sites (N-methyl/N-ethyl adjacent to an activating group) is 1. The van der Waals surface area contributed by atoms with Crippen molar-refractivity contribution >= 4 is 50.1 Å². The van der Waals surface area contributed by atoms with Gasteiger partial charge < -0.3 is 15.1 Å². The maximum absolute atomic E-state index is 12.9. The zero-order valence-corrected chi connectivity index (χ0v) is 20.2. The van der Waals surface area contributed by atoms with Gasteiger partial charge in [0.15, 0.2) is 0 Å². The van der Waals surface area contributed by atoms with Gasteiger partial charge in [-0.05, 0) is 47.9 Å². The molecule has 2 aromatic rings. The third-order valence-electron chi connectivity index (χ3n) is 5.60. The van der Waals surface area contributed by atoms with E-state index in [1.807, 2.05) is 0 Å². The summed E-state index contributed by atoms with van der Waals surface area (Å²) >= 11 is 5.98. The van der Waals surface area contributed by atoms with Crippen molar-refractivity contribution in [1.82, 2.24) is 19.8 Å². The summed E-state index contributed by atoms with van der Waals surface area (Å²) in [7, 11) is -0.805. The van der Waals surface area contributed by atoms with Crippen LogP contribution in [0, 0.1) is 0 Å². The summed E-state index contributed by atoms with van der Waals surface area (Å²) in [5, 5.41) is 4.60. The lowest BCUT2D eigenvalue weighted by Gasteiger charge is -2.26. The Balaban J connectivity index is 1.70. The number of halogens is 1. The van der Waals surface area contributed by atoms with Crippen molar-refractivity contribution in [2.24, 2.45) is 0 Å². The number of amides is 3. The Morgan fingerprint density at radius 1 is 1.18 bits per heavy atom. The summed E-state index contributed by atoms with van der Waals surface area (Å²) in [5.74, 6) is -1.18. The van der Waals surface area contributed by atoms with Gasteiger partial charge in [0.25, 0.3) is 0 Å². The monoisotopic (exact) mass is 494 g/mol. The lowest BCUT2D eigenvalue weighted by atomic mass is 10.1. The van der Waals surface area contributed by atoms with Gasteiger partial charge in [-0.3, -0.25) is 14.4 Å². The molecule has 2 atom stereocenters. The molecule has 0 bridgehead atoms. The third-order valence-corrected chi connectivity index (χ3v) is 7.30. The molecular weight excluding hydrogens is 468 g/mol. The molecule has 0 aliphatic carbocycles. The highest BCUT2D eigenvalue weighted by atomic mass is 35.5. The fraction of sp³-hybridized carbons (Fsp3) is 0.409. The number of fused-ring (bicyclic) bond motifs is 1. The van der Waals surface area contributed by atoms with Crippen LogP contribution >= 0.6 is 11.6 Å². The molecule has 11 heteroatoms. The summed E-state index contributed by atoms with van der Waals surface area (Å²) in [5.41, 5.74) is 0. The molecule has 2 N–H and O–H groups in total. The van der Waals surface area contributed by atoms with E-state index in [2.05, 4.69) is 10.0 Å². The highest BCUT2D eigenvalue weighted by Crippen LogP contribution is 2.24. The standard InChI is InChI=1S/C22H27ClN4O5S/c1-4-19(21(29)24-13-20(28)26(2)3)27-10-9-18(22(27)30)25-33(31,32)17-8-6-14-11-16(23)7-5-15(14)12-17/h5-8,11-12,18-19,25H,4,9-10,13H2,1-3H3,(H,24,29). The fourth-order valence-electron chi connectivity index (χ4n) is 3.72. The van der Waals surface area contributed by atoms with Crippen LogP contribution in [0.4, 0.5) is 0 Å². The molecule has 0 saturated carbocycles. The number of rotatable bonds is 8. The van der Waals surface area contributed by atoms with Gasteiger partial charge in [0, 0.05) is 25.7 Å². The summed E-state index contributed by atoms with van der Waals surface area (Å²) in [6, 6.07) is 8.02. The molecule has 1 heterocycles. The van der Waals surface area contributed by atoms with Crippen LogP contribution in [-0.2, 0) is 24.4 Å². The Morgan fingerprint density at radius 3 is 2.52 bits per heavy atom. The van der Waals surface area contributed by atoms with E-state index in [-0.39, 0.29) is 30.3 Å². The molecule has 9 nitrogen and oxygen atoms in total. The molecule has 0 spiro atoms. The first-order valence-electron chi connectivity index (χ1n) is 10.5. The third kappa shape index (κ3) is 5.63. The molecule has 1 aliphatic rings. The molecule has 0 radical (unpaired) electrons. The van der Waals surface area contributed by atoms with E-state index in [0.29, 0.717) is 16.8 Å². The number of likely N-dealkylation sites (tertiary alicyclic amines) is 1. The number of nitrogens with zero attached hydrogens (tertiary/aromatic N) is 2. The normalized spacial score (nSPS) is 17.3. The van der Waals surface area contributed by atoms with Crippen molar-refractivity contribution in [3.05, 3.63) is 41.4 Å². The summed E-state index contributed by atoms with van der Waals surface area (Å²) < 4.78 is 28.3. The van der Waals surface area contributed by atoms with Gasteiger partial charge in [-0.2, -0.15) is 4.72 Å². The van der Waals surface area contributed by atoms with Crippen LogP contribution in [0.1, 0.15) is 19.8 Å². The molecule has 2 unspecified atom stereocenters. The van der Waals surface area contributed by atoms with E-state index in [1.165, 1.54) is 21.9 Å². The highest BCUT2D eigenvalue weighted by molar-refractivity contribution is 7.89. The second kappa shape index (κ2) is 10.1. The Hall–Kier alpha value is -2.69. The molecule has 33 heavy (non-hydrogen) atoms. The number of carbonyl (C=O) groups excluding carboxylic acids is 3. The van der Waals surface area contributed by atoms with Gasteiger partial charge in [-0.15, -0.1) is 0 Å². The highest BCUT2D eigenvalue weighted by Gasteiger charge is 2.40. The number of hydrogen-bond acceptors (Lipinski definition) is 5. The predicted molar refractivity (Wildman–Crippen MR) is 125 cm³/mol. The van der Waals surface area contributed by atoms with E-state index in [4.69, 9.17) is 11.6 Å². The Labute approximate surface area is 198 Å². The average molecular weight is 495 g/mol. The van der Waals surface area contributed by atoms with Crippen molar-refractivity contribution in [3.63, 3.8) is 0 Å². The maximum Gasteiger partial charge on any atom is 0.243 e. The van der Waals surface area contributed by atoms with Gasteiger partial charge >= 0.3 is 0 Å². The number of sulfonamides is 1. The first-order valence-corrected chi connectivity index (χ1v) is 12.4. The van der Waals surface area contributed by atoms with Crippen LogP contribution in [-0.4, -0.2) is 75.2 Å². The van der Waals surface area contributed by atoms with E-state index in [9.17, 15) is 22.8 Å². The van der Waals surface area contributed by atoms with Crippen LogP contribution < -0.4 is 10.0 Å². The lowest BCUT2D eigenvalue weighted by molar-refractivity contribution is -0.139. The lowest BCUT2D eigenvalue weighted by Crippen LogP contribution is -2.51. The first-order chi connectivity index (χ1) is 15.5. The van der Waals surface area contributed by atoms with Gasteiger partial charge in [-0.25, -0.2) is 8.42 Å². The Kier molecular flexibility index (Phi) is 7.61. The van der Waals surface area contributed by atoms with E-state index in [1.54, 1.807) is 45.3 Å². The molecule has 2 aromatic carbocycles. The largest absolute Gasteiger partial charge is 0.347 e. The minimum absolute atomic E-state index is 0.0376. The van der Waals surface area contributed by atoms with Crippen LogP contribution in [0.25, 0.3) is 10.8 Å². The van der Waals surface area contributed by atoms with Crippen LogP contribution in [0.5, 0.6) is 0 Å². The molecule has 1 fully saturated rings. The molecule has 1 saturated heterocycles. The Bertz CT molecular complexity index is 1180. The number of benzene rings is 2. The van der Waals surface area contributed by atoms with Gasteiger partial charge in [0.05, 0.1) is 11.4 Å². The number of hydrogen-bond donors (Lipinski definition) is 2. The van der Waals surface area contributed by atoms with Crippen molar-refractivity contribution < 1.29 is 22.8 Å². The fourth-order valence-corrected chi connectivity index (χ4v) is 5.16. The summed E-state index contributed by atoms with van der Waals surface area (Å²) in [4.78, 5) is 40.0. The maximum atomic E-state index is 12.9. The zero-order chi connectivity index (χ0) is 24.3. The number of carbonyl (C=O) groups is 3. The minimum atomic E-state index is -3.97. The topological polar surface area (TPSA) is 116 Å². The van der Waals surface area contributed by atoms with Crippen LogP contribution in [0.15, 0.2) is 41.3 Å². The quantitative estimate of drug-likeness (QED) is 0.574. The van der Waals surface area contributed by atoms with E-state index < -0.39 is 33.9 Å². The van der Waals surface area contributed by atoms with Gasteiger partial charge in [0.2, 0.25) is 27.7 Å². The van der Waals surface area contributed by atoms with E-state index >= 15 is 0 Å². The number of nitrogens with one attached hydrogen (secondary N) is 2. The van der Waals surface area contributed by atoms with Crippen molar-refractivity contribution in [3.8, 4) is 0 Å². The summed E-state index contributed by atoms with van der Waals surface area (Å²) in [6.45, 7) is 1.81. The summed E-state index contributed by atoms with van der Waals surface area (Å²) in [6.07, 6.45) is 0.572. The van der Waals surface area contributed by atoms with Crippen molar-refractivity contribution in [2.75, 3.05) is 27.2 Å². The zero-order valence-electron chi connectivity index (χ0n) is 18.7. The van der Waals surface area contributed by atoms with Gasteiger partial charge in [-0.1, -0.05) is 30.7 Å². The first kappa shape index (κ1) is 24.9. The predicted octanol–water partition coefficient (Wildman–Crippen LogP) is 1.36. The second-order valence-corrected chi connectivity index (χ2v) is 10.2. The van der Waals surface area contributed by atoms with E-state index in [0.717, 1.165) is 5.39 Å². The molecule has 1 aliphatic heterocycles. The van der Waals surface area contributed by atoms with Crippen molar-refractivity contribution in [1.29, 1.82) is 0 Å². The second-order valence-electron chi connectivity index (χ2n) is 8.08. The average Bonchev–Trinajstić information content (AvgIpc) is 3.11. The molecular formula is C22H27ClN4O5S. The SMILES string of the molecule is CCC(C(=O)NCC(=O)N(C)C)N1CCC(NS(=O)(=O)c2ccc3cc(Cl)ccc3c2)C1=O. The molecule has 0 aromatic heterocycles. The minimum Gasteiger partial charge on any atom is -0.347 e. The van der Waals surface area contributed by atoms with Crippen LogP contribution in [0.2, 0.25) is 5.02 Å². The smallest absolute Gasteiger partial charge is 0.243 e.